The minimum absolute atomic E-state index is 0.00334. The van der Waals surface area contributed by atoms with Gasteiger partial charge in [-0.05, 0) is 52.2 Å². The van der Waals surface area contributed by atoms with Crippen molar-refractivity contribution in [3.8, 4) is 11.5 Å². The second-order valence-corrected chi connectivity index (χ2v) is 6.12. The number of tetrazole rings is 1. The predicted molar refractivity (Wildman–Crippen MR) is 93.0 cm³/mol. The maximum absolute atomic E-state index is 12.4. The first-order valence-corrected chi connectivity index (χ1v) is 8.37. The van der Waals surface area contributed by atoms with E-state index in [0.29, 0.717) is 12.4 Å². The highest BCUT2D eigenvalue weighted by Crippen LogP contribution is 2.37. The van der Waals surface area contributed by atoms with E-state index in [9.17, 15) is 8.78 Å². The molecule has 0 bridgehead atoms. The lowest BCUT2D eigenvalue weighted by Crippen LogP contribution is -2.28. The van der Waals surface area contributed by atoms with Gasteiger partial charge in [-0.1, -0.05) is 29.4 Å². The number of fused-ring (bicyclic) bond motifs is 1. The van der Waals surface area contributed by atoms with Gasteiger partial charge in [0.1, 0.15) is 11.5 Å². The molecule has 7 nitrogen and oxygen atoms in total. The fourth-order valence-electron chi connectivity index (χ4n) is 3.24. The third-order valence-corrected chi connectivity index (χ3v) is 4.56. The number of nitrogens with zero attached hydrogens (tertiary/aromatic N) is 4. The minimum atomic E-state index is -2.85. The number of anilines is 1. The van der Waals surface area contributed by atoms with Crippen LogP contribution in [0.25, 0.3) is 0 Å². The molecule has 0 unspecified atom stereocenters. The molecule has 140 valence electrons. The van der Waals surface area contributed by atoms with Crippen LogP contribution in [0.4, 0.5) is 14.7 Å². The molecule has 3 aromatic rings. The Balaban J connectivity index is 1.61. The maximum Gasteiger partial charge on any atom is 0.387 e. The molecule has 0 saturated carbocycles. The summed E-state index contributed by atoms with van der Waals surface area (Å²) in [5.74, 6) is 1.46. The molecule has 0 spiro atoms. The van der Waals surface area contributed by atoms with Crippen LogP contribution in [-0.4, -0.2) is 33.9 Å². The molecule has 27 heavy (non-hydrogen) atoms. The number of nitrogens with one attached hydrogen (secondary N) is 1. The average Bonchev–Trinajstić information content (AvgIpc) is 3.16. The van der Waals surface area contributed by atoms with E-state index in [2.05, 4.69) is 25.6 Å². The Morgan fingerprint density at radius 2 is 1.70 bits per heavy atom. The fraction of sp³-hybridized carbons (Fsp3) is 0.278. The van der Waals surface area contributed by atoms with Crippen LogP contribution in [-0.2, 0) is 0 Å². The van der Waals surface area contributed by atoms with E-state index in [1.165, 1.54) is 12.1 Å². The summed E-state index contributed by atoms with van der Waals surface area (Å²) in [6.07, 6.45) is 0.694. The summed E-state index contributed by atoms with van der Waals surface area (Å²) < 4.78 is 36.0. The lowest BCUT2D eigenvalue weighted by Gasteiger charge is -2.31. The molecule has 1 aliphatic rings. The van der Waals surface area contributed by atoms with Gasteiger partial charge in [-0.2, -0.15) is 8.78 Å². The highest BCUT2D eigenvalue weighted by Gasteiger charge is 2.30. The predicted octanol–water partition coefficient (Wildman–Crippen LogP) is 3.43. The number of halogens is 2. The number of benzene rings is 2. The van der Waals surface area contributed by atoms with E-state index in [1.807, 2.05) is 24.3 Å². The van der Waals surface area contributed by atoms with E-state index >= 15 is 0 Å². The number of rotatable bonds is 5. The monoisotopic (exact) mass is 373 g/mol. The Bertz CT molecular complexity index is 899. The number of methoxy groups -OCH3 is 1. The van der Waals surface area contributed by atoms with Crippen molar-refractivity contribution in [3.63, 3.8) is 0 Å². The van der Waals surface area contributed by atoms with Crippen LogP contribution >= 0.6 is 0 Å². The van der Waals surface area contributed by atoms with Crippen LogP contribution < -0.4 is 14.8 Å². The van der Waals surface area contributed by atoms with Crippen molar-refractivity contribution in [1.29, 1.82) is 0 Å². The molecule has 0 amide bonds. The van der Waals surface area contributed by atoms with Crippen LogP contribution in [0, 0.1) is 0 Å². The third kappa shape index (κ3) is 3.53. The summed E-state index contributed by atoms with van der Waals surface area (Å²) in [5, 5.41) is 15.2. The van der Waals surface area contributed by atoms with Crippen LogP contribution in [0.2, 0.25) is 0 Å². The Morgan fingerprint density at radius 3 is 2.37 bits per heavy atom. The van der Waals surface area contributed by atoms with E-state index in [1.54, 1.807) is 23.9 Å². The van der Waals surface area contributed by atoms with Gasteiger partial charge in [0.25, 0.3) is 0 Å². The highest BCUT2D eigenvalue weighted by molar-refractivity contribution is 5.40. The molecule has 1 N–H and O–H groups in total. The van der Waals surface area contributed by atoms with Crippen molar-refractivity contribution in [3.05, 3.63) is 59.7 Å². The van der Waals surface area contributed by atoms with Crippen molar-refractivity contribution in [2.75, 3.05) is 12.4 Å². The number of hydrogen-bond acceptors (Lipinski definition) is 6. The Labute approximate surface area is 153 Å². The van der Waals surface area contributed by atoms with Crippen molar-refractivity contribution in [1.82, 2.24) is 20.2 Å². The van der Waals surface area contributed by atoms with Gasteiger partial charge in [-0.25, -0.2) is 4.68 Å². The average molecular weight is 373 g/mol. The van der Waals surface area contributed by atoms with Crippen LogP contribution in [0.15, 0.2) is 48.5 Å². The van der Waals surface area contributed by atoms with Gasteiger partial charge in [0.05, 0.1) is 19.2 Å². The molecule has 4 rings (SSSR count). The molecular weight excluding hydrogens is 356 g/mol. The minimum Gasteiger partial charge on any atom is -0.497 e. The quantitative estimate of drug-likeness (QED) is 0.739. The standard InChI is InChI=1S/C18H17F2N5O2/c1-26-13-6-2-11(3-7-13)15-10-16(25-18(21-15)22-23-24-25)12-4-8-14(9-5-12)27-17(19)20/h2-9,15-17H,10H2,1H3,(H,21,22,24)/t15-,16+/m0/s1. The molecule has 0 aliphatic carbocycles. The van der Waals surface area contributed by atoms with Crippen molar-refractivity contribution < 1.29 is 18.3 Å². The second-order valence-electron chi connectivity index (χ2n) is 6.12. The SMILES string of the molecule is COc1ccc([C@@H]2C[C@H](c3ccc(OC(F)F)cc3)n3nnnc3N2)cc1. The van der Waals surface area contributed by atoms with Gasteiger partial charge >= 0.3 is 6.61 Å². The molecular formula is C18H17F2N5O2. The van der Waals surface area contributed by atoms with E-state index in [-0.39, 0.29) is 17.8 Å². The van der Waals surface area contributed by atoms with Gasteiger partial charge in [-0.3, -0.25) is 0 Å². The highest BCUT2D eigenvalue weighted by atomic mass is 19.3. The van der Waals surface area contributed by atoms with Gasteiger partial charge in [0, 0.05) is 0 Å². The number of ether oxygens (including phenoxy) is 2. The van der Waals surface area contributed by atoms with Crippen LogP contribution in [0.3, 0.4) is 0 Å². The molecule has 1 aromatic heterocycles. The zero-order valence-electron chi connectivity index (χ0n) is 14.4. The first-order valence-electron chi connectivity index (χ1n) is 8.37. The van der Waals surface area contributed by atoms with Crippen LogP contribution in [0.1, 0.15) is 29.6 Å². The molecule has 0 fully saturated rings. The third-order valence-electron chi connectivity index (χ3n) is 4.56. The van der Waals surface area contributed by atoms with Crippen LogP contribution in [0.5, 0.6) is 11.5 Å². The van der Waals surface area contributed by atoms with Gasteiger partial charge in [-0.15, -0.1) is 0 Å². The number of alkyl halides is 2. The second kappa shape index (κ2) is 7.18. The number of aromatic nitrogens is 4. The van der Waals surface area contributed by atoms with Gasteiger partial charge in [0.15, 0.2) is 0 Å². The van der Waals surface area contributed by atoms with E-state index in [4.69, 9.17) is 4.74 Å². The molecule has 2 atom stereocenters. The lowest BCUT2D eigenvalue weighted by atomic mass is 9.93. The molecule has 9 heteroatoms. The maximum atomic E-state index is 12.4. The molecule has 0 saturated heterocycles. The summed E-state index contributed by atoms with van der Waals surface area (Å²) in [5.41, 5.74) is 1.98. The fourth-order valence-corrected chi connectivity index (χ4v) is 3.24. The Kier molecular flexibility index (Phi) is 4.57. The Morgan fingerprint density at radius 1 is 1.04 bits per heavy atom. The summed E-state index contributed by atoms with van der Waals surface area (Å²) in [4.78, 5) is 0. The lowest BCUT2D eigenvalue weighted by molar-refractivity contribution is -0.0498. The topological polar surface area (TPSA) is 74.1 Å². The van der Waals surface area contributed by atoms with Gasteiger partial charge < -0.3 is 14.8 Å². The molecule has 2 heterocycles. The first kappa shape index (κ1) is 17.2. The molecule has 1 aliphatic heterocycles. The normalized spacial score (nSPS) is 18.7. The summed E-state index contributed by atoms with van der Waals surface area (Å²) in [6.45, 7) is -2.85. The van der Waals surface area contributed by atoms with E-state index in [0.717, 1.165) is 16.9 Å². The van der Waals surface area contributed by atoms with Gasteiger partial charge in [0.2, 0.25) is 5.95 Å². The van der Waals surface area contributed by atoms with Crippen molar-refractivity contribution in [2.45, 2.75) is 25.1 Å². The van der Waals surface area contributed by atoms with E-state index < -0.39 is 6.61 Å². The first-order chi connectivity index (χ1) is 13.1. The molecule has 0 radical (unpaired) electrons. The summed E-state index contributed by atoms with van der Waals surface area (Å²) >= 11 is 0. The summed E-state index contributed by atoms with van der Waals surface area (Å²) in [6, 6.07) is 14.2. The van der Waals surface area contributed by atoms with Crippen molar-refractivity contribution in [2.24, 2.45) is 0 Å². The molecule has 2 aromatic carbocycles. The van der Waals surface area contributed by atoms with Crippen molar-refractivity contribution >= 4 is 5.95 Å². The smallest absolute Gasteiger partial charge is 0.387 e. The zero-order valence-corrected chi connectivity index (χ0v) is 14.4. The zero-order chi connectivity index (χ0) is 18.8. The number of hydrogen-bond donors (Lipinski definition) is 1. The largest absolute Gasteiger partial charge is 0.497 e. The Hall–Kier alpha value is -3.23. The summed E-state index contributed by atoms with van der Waals surface area (Å²) in [7, 11) is 1.62.